The zero-order chi connectivity index (χ0) is 34.7. The van der Waals surface area contributed by atoms with Crippen molar-refractivity contribution in [2.24, 2.45) is 0 Å². The number of hydrogen-bond donors (Lipinski definition) is 0. The van der Waals surface area contributed by atoms with Gasteiger partial charge in [-0.3, -0.25) is 0 Å². The van der Waals surface area contributed by atoms with Crippen LogP contribution < -0.4 is 0 Å². The first-order valence-electron chi connectivity index (χ1n) is 16.8. The van der Waals surface area contributed by atoms with Crippen LogP contribution in [0.2, 0.25) is 0 Å². The largest absolute Gasteiger partial charge is 0.459 e. The number of ether oxygens (including phenoxy) is 6. The highest BCUT2D eigenvalue weighted by Gasteiger charge is 2.54. The highest BCUT2D eigenvalue weighted by atomic mass is 16.7. The topological polar surface area (TPSA) is 124 Å². The van der Waals surface area contributed by atoms with Gasteiger partial charge in [0.2, 0.25) is 0 Å². The van der Waals surface area contributed by atoms with Crippen LogP contribution in [0.25, 0.3) is 0 Å². The molecule has 50 heavy (non-hydrogen) atoms. The van der Waals surface area contributed by atoms with Gasteiger partial charge >= 0.3 is 23.9 Å². The maximum absolute atomic E-state index is 13.7. The standard InChI is InChI=1S/C40H38O10/c41-36(27-16-6-1-7-17-27)45-26-32-33(48-37(42)28-18-8-2-9-19-28)34(49-38(43)29-20-10-3-11-21-29)35(50-39(44)30-22-12-4-13-23-30)40(47-32)46-31-24-14-5-15-25-31/h1-4,6-13,16-23,31-35,40H,5,14-15,24-26H2/t32-,33-,34+,35-,40+/m1/s1. The predicted molar refractivity (Wildman–Crippen MR) is 180 cm³/mol. The van der Waals surface area contributed by atoms with Gasteiger partial charge in [0, 0.05) is 0 Å². The van der Waals surface area contributed by atoms with Gasteiger partial charge in [-0.15, -0.1) is 0 Å². The van der Waals surface area contributed by atoms with Crippen molar-refractivity contribution >= 4 is 23.9 Å². The molecule has 4 aromatic rings. The van der Waals surface area contributed by atoms with Crippen molar-refractivity contribution in [1.82, 2.24) is 0 Å². The average molecular weight is 679 g/mol. The SMILES string of the molecule is O=C(OC[C@H]1O[C@H](OC2CCCCC2)[C@H](OC(=O)c2ccccc2)[C@@H](OC(=O)c2ccccc2)[C@@H]1OC(=O)c1ccccc1)c1ccccc1. The summed E-state index contributed by atoms with van der Waals surface area (Å²) >= 11 is 0. The molecule has 258 valence electrons. The van der Waals surface area contributed by atoms with E-state index in [1.54, 1.807) is 121 Å². The van der Waals surface area contributed by atoms with E-state index in [0.29, 0.717) is 5.56 Å². The summed E-state index contributed by atoms with van der Waals surface area (Å²) in [6, 6.07) is 33.3. The van der Waals surface area contributed by atoms with Gasteiger partial charge in [0.15, 0.2) is 24.6 Å². The molecular formula is C40H38O10. The Hall–Kier alpha value is -5.32. The molecule has 0 radical (unpaired) electrons. The smallest absolute Gasteiger partial charge is 0.338 e. The highest BCUT2D eigenvalue weighted by molar-refractivity contribution is 5.91. The van der Waals surface area contributed by atoms with Crippen molar-refractivity contribution in [3.05, 3.63) is 144 Å². The van der Waals surface area contributed by atoms with E-state index in [0.717, 1.165) is 32.1 Å². The van der Waals surface area contributed by atoms with Gasteiger partial charge < -0.3 is 28.4 Å². The van der Waals surface area contributed by atoms with Crippen molar-refractivity contribution in [2.45, 2.75) is 68.9 Å². The van der Waals surface area contributed by atoms with Crippen LogP contribution in [-0.2, 0) is 28.4 Å². The number of hydrogen-bond acceptors (Lipinski definition) is 10. The van der Waals surface area contributed by atoms with Crippen LogP contribution in [0.4, 0.5) is 0 Å². The Morgan fingerprint density at radius 1 is 0.500 bits per heavy atom. The van der Waals surface area contributed by atoms with Crippen molar-refractivity contribution < 1.29 is 47.6 Å². The van der Waals surface area contributed by atoms with Crippen molar-refractivity contribution in [1.29, 1.82) is 0 Å². The lowest BCUT2D eigenvalue weighted by Gasteiger charge is -2.45. The lowest BCUT2D eigenvalue weighted by molar-refractivity contribution is -0.310. The Kier molecular flexibility index (Phi) is 11.7. The van der Waals surface area contributed by atoms with E-state index in [-0.39, 0.29) is 22.8 Å². The second kappa shape index (κ2) is 16.9. The number of rotatable bonds is 11. The van der Waals surface area contributed by atoms with Crippen LogP contribution in [0.5, 0.6) is 0 Å². The molecule has 1 aliphatic heterocycles. The van der Waals surface area contributed by atoms with Crippen LogP contribution in [0.15, 0.2) is 121 Å². The van der Waals surface area contributed by atoms with E-state index in [1.807, 2.05) is 0 Å². The number of esters is 4. The molecule has 0 amide bonds. The minimum atomic E-state index is -1.44. The second-order valence-corrected chi connectivity index (χ2v) is 12.1. The summed E-state index contributed by atoms with van der Waals surface area (Å²) in [7, 11) is 0. The fourth-order valence-electron chi connectivity index (χ4n) is 6.03. The Balaban J connectivity index is 1.38. The molecule has 10 nitrogen and oxygen atoms in total. The molecule has 2 fully saturated rings. The van der Waals surface area contributed by atoms with E-state index in [9.17, 15) is 19.2 Å². The molecule has 5 atom stereocenters. The quantitative estimate of drug-likeness (QED) is 0.127. The van der Waals surface area contributed by atoms with Gasteiger partial charge in [0.1, 0.15) is 12.7 Å². The van der Waals surface area contributed by atoms with Crippen LogP contribution in [0, 0.1) is 0 Å². The zero-order valence-corrected chi connectivity index (χ0v) is 27.3. The van der Waals surface area contributed by atoms with Crippen LogP contribution in [0.3, 0.4) is 0 Å². The van der Waals surface area contributed by atoms with Crippen LogP contribution in [0.1, 0.15) is 73.5 Å². The van der Waals surface area contributed by atoms with E-state index < -0.39 is 61.2 Å². The fourth-order valence-corrected chi connectivity index (χ4v) is 6.03. The summed E-state index contributed by atoms with van der Waals surface area (Å²) in [6.07, 6.45) is -2.51. The molecule has 4 aromatic carbocycles. The van der Waals surface area contributed by atoms with E-state index in [4.69, 9.17) is 28.4 Å². The van der Waals surface area contributed by atoms with Crippen molar-refractivity contribution in [2.75, 3.05) is 6.61 Å². The maximum Gasteiger partial charge on any atom is 0.338 e. The van der Waals surface area contributed by atoms with E-state index in [1.165, 1.54) is 0 Å². The van der Waals surface area contributed by atoms with Gasteiger partial charge in [0.25, 0.3) is 0 Å². The summed E-state index contributed by atoms with van der Waals surface area (Å²) in [4.78, 5) is 54.0. The molecule has 1 saturated carbocycles. The molecule has 0 aromatic heterocycles. The molecule has 2 aliphatic rings. The molecule has 1 aliphatic carbocycles. The third kappa shape index (κ3) is 8.82. The molecule has 10 heteroatoms. The number of benzene rings is 4. The molecule has 1 saturated heterocycles. The van der Waals surface area contributed by atoms with E-state index in [2.05, 4.69) is 0 Å². The Morgan fingerprint density at radius 2 is 0.900 bits per heavy atom. The van der Waals surface area contributed by atoms with Crippen molar-refractivity contribution in [3.8, 4) is 0 Å². The first-order valence-corrected chi connectivity index (χ1v) is 16.8. The number of carbonyl (C=O) groups excluding carboxylic acids is 4. The zero-order valence-electron chi connectivity index (χ0n) is 27.3. The maximum atomic E-state index is 13.7. The summed E-state index contributed by atoms with van der Waals surface area (Å²) in [5.74, 6) is -2.86. The summed E-state index contributed by atoms with van der Waals surface area (Å²) < 4.78 is 36.9. The van der Waals surface area contributed by atoms with Gasteiger partial charge in [-0.2, -0.15) is 0 Å². The minimum absolute atomic E-state index is 0.220. The first kappa shape index (κ1) is 34.5. The minimum Gasteiger partial charge on any atom is -0.459 e. The number of carbonyl (C=O) groups is 4. The fraction of sp³-hybridized carbons (Fsp3) is 0.300. The average Bonchev–Trinajstić information content (AvgIpc) is 3.17. The predicted octanol–water partition coefficient (Wildman–Crippen LogP) is 6.59. The Labute approximate surface area is 290 Å². The van der Waals surface area contributed by atoms with Gasteiger partial charge in [-0.1, -0.05) is 92.1 Å². The summed E-state index contributed by atoms with van der Waals surface area (Å²) in [6.45, 7) is -0.399. The monoisotopic (exact) mass is 678 g/mol. The Bertz CT molecular complexity index is 1710. The lowest BCUT2D eigenvalue weighted by Crippen LogP contribution is -2.63. The van der Waals surface area contributed by atoms with Gasteiger partial charge in [0.05, 0.1) is 28.4 Å². The molecule has 0 unspecified atom stereocenters. The molecule has 0 bridgehead atoms. The highest BCUT2D eigenvalue weighted by Crippen LogP contribution is 2.34. The molecular weight excluding hydrogens is 640 g/mol. The second-order valence-electron chi connectivity index (χ2n) is 12.1. The van der Waals surface area contributed by atoms with Crippen molar-refractivity contribution in [3.63, 3.8) is 0 Å². The molecule has 1 heterocycles. The third-order valence-electron chi connectivity index (χ3n) is 8.62. The molecule has 0 N–H and O–H groups in total. The first-order chi connectivity index (χ1) is 24.5. The van der Waals surface area contributed by atoms with Crippen LogP contribution >= 0.6 is 0 Å². The van der Waals surface area contributed by atoms with Gasteiger partial charge in [-0.05, 0) is 61.4 Å². The third-order valence-corrected chi connectivity index (χ3v) is 8.62. The van der Waals surface area contributed by atoms with Crippen LogP contribution in [-0.4, -0.2) is 67.3 Å². The molecule has 0 spiro atoms. The summed E-state index contributed by atoms with van der Waals surface area (Å²) in [5, 5.41) is 0. The van der Waals surface area contributed by atoms with Gasteiger partial charge in [-0.25, -0.2) is 19.2 Å². The normalized spacial score (nSPS) is 22.1. The Morgan fingerprint density at radius 3 is 1.36 bits per heavy atom. The lowest BCUT2D eigenvalue weighted by atomic mass is 9.96. The van der Waals surface area contributed by atoms with E-state index >= 15 is 0 Å². The summed E-state index contributed by atoms with van der Waals surface area (Å²) in [5.41, 5.74) is 0.989. The molecule has 6 rings (SSSR count).